The normalized spacial score (nSPS) is 12.2. The second kappa shape index (κ2) is 13.9. The van der Waals surface area contributed by atoms with Gasteiger partial charge in [0, 0.05) is 18.1 Å². The van der Waals surface area contributed by atoms with Crippen LogP contribution >= 0.6 is 46.4 Å². The Bertz CT molecular complexity index is 1470. The van der Waals surface area contributed by atoms with Gasteiger partial charge in [0.25, 0.3) is 10.0 Å². The van der Waals surface area contributed by atoms with Gasteiger partial charge in [-0.25, -0.2) is 8.42 Å². The number of benzene rings is 3. The summed E-state index contributed by atoms with van der Waals surface area (Å²) in [5.74, 6) is -0.832. The van der Waals surface area contributed by atoms with Crippen molar-refractivity contribution in [3.05, 3.63) is 92.4 Å². The predicted molar refractivity (Wildman–Crippen MR) is 162 cm³/mol. The van der Waals surface area contributed by atoms with Crippen molar-refractivity contribution in [1.82, 2.24) is 10.2 Å². The number of hydrogen-bond donors (Lipinski definition) is 1. The average molecular weight is 645 g/mol. The first kappa shape index (κ1) is 32.0. The van der Waals surface area contributed by atoms with Gasteiger partial charge < -0.3 is 10.2 Å². The molecular formula is C28H29Cl4N3O4S. The van der Waals surface area contributed by atoms with Crippen LogP contribution in [0.25, 0.3) is 0 Å². The molecule has 0 aliphatic heterocycles. The van der Waals surface area contributed by atoms with Crippen LogP contribution < -0.4 is 9.62 Å². The van der Waals surface area contributed by atoms with Crippen molar-refractivity contribution in [3.63, 3.8) is 0 Å². The van der Waals surface area contributed by atoms with E-state index in [2.05, 4.69) is 5.32 Å². The smallest absolute Gasteiger partial charge is 0.264 e. The van der Waals surface area contributed by atoms with Gasteiger partial charge in [0.1, 0.15) is 12.6 Å². The lowest BCUT2D eigenvalue weighted by Crippen LogP contribution is -2.51. The number of nitrogens with zero attached hydrogens (tertiary/aromatic N) is 2. The molecular weight excluding hydrogens is 616 g/mol. The van der Waals surface area contributed by atoms with E-state index in [9.17, 15) is 18.0 Å². The van der Waals surface area contributed by atoms with Gasteiger partial charge in [0.15, 0.2) is 0 Å². The van der Waals surface area contributed by atoms with Crippen LogP contribution in [-0.2, 0) is 26.2 Å². The number of rotatable bonds is 11. The van der Waals surface area contributed by atoms with Crippen LogP contribution in [0.4, 0.5) is 5.69 Å². The van der Waals surface area contributed by atoms with Gasteiger partial charge in [-0.05, 0) is 60.9 Å². The number of carbonyl (C=O) groups excluding carboxylic acids is 2. The summed E-state index contributed by atoms with van der Waals surface area (Å²) in [6.45, 7) is 5.22. The molecule has 0 radical (unpaired) electrons. The quantitative estimate of drug-likeness (QED) is 0.252. The van der Waals surface area contributed by atoms with E-state index >= 15 is 0 Å². The van der Waals surface area contributed by atoms with Crippen LogP contribution in [0.3, 0.4) is 0 Å². The summed E-state index contributed by atoms with van der Waals surface area (Å²) >= 11 is 24.7. The summed E-state index contributed by atoms with van der Waals surface area (Å²) in [5, 5.41) is 3.79. The van der Waals surface area contributed by atoms with Crippen LogP contribution in [0.5, 0.6) is 0 Å². The second-order valence-corrected chi connectivity index (χ2v) is 13.0. The highest BCUT2D eigenvalue weighted by Gasteiger charge is 2.33. The van der Waals surface area contributed by atoms with Crippen molar-refractivity contribution in [2.75, 3.05) is 17.4 Å². The number of hydrogen-bond acceptors (Lipinski definition) is 4. The van der Waals surface area contributed by atoms with Crippen LogP contribution in [0, 0.1) is 5.92 Å². The van der Waals surface area contributed by atoms with Crippen molar-refractivity contribution >= 4 is 73.9 Å². The van der Waals surface area contributed by atoms with Gasteiger partial charge in [0.2, 0.25) is 11.8 Å². The number of anilines is 1. The van der Waals surface area contributed by atoms with E-state index in [1.54, 1.807) is 43.3 Å². The van der Waals surface area contributed by atoms with Gasteiger partial charge in [0.05, 0.1) is 25.7 Å². The molecule has 1 unspecified atom stereocenters. The molecule has 7 nitrogen and oxygen atoms in total. The van der Waals surface area contributed by atoms with E-state index in [1.165, 1.54) is 35.2 Å². The van der Waals surface area contributed by atoms with Gasteiger partial charge >= 0.3 is 0 Å². The number of nitrogens with one attached hydrogen (secondary N) is 1. The lowest BCUT2D eigenvalue weighted by atomic mass is 10.1. The fraction of sp³-hybridized carbons (Fsp3) is 0.286. The van der Waals surface area contributed by atoms with Crippen LogP contribution in [0.2, 0.25) is 20.1 Å². The summed E-state index contributed by atoms with van der Waals surface area (Å²) in [6, 6.07) is 15.9. The predicted octanol–water partition coefficient (Wildman–Crippen LogP) is 6.69. The van der Waals surface area contributed by atoms with Crippen LogP contribution in [-0.4, -0.2) is 44.3 Å². The molecule has 3 rings (SSSR count). The van der Waals surface area contributed by atoms with E-state index in [1.807, 2.05) is 13.8 Å². The molecule has 0 heterocycles. The minimum absolute atomic E-state index is 0.0282. The zero-order valence-electron chi connectivity index (χ0n) is 22.1. The first-order valence-corrected chi connectivity index (χ1v) is 15.3. The van der Waals surface area contributed by atoms with E-state index in [4.69, 9.17) is 46.4 Å². The third-order valence-electron chi connectivity index (χ3n) is 5.98. The van der Waals surface area contributed by atoms with E-state index in [0.717, 1.165) is 4.31 Å². The Morgan fingerprint density at radius 2 is 1.52 bits per heavy atom. The fourth-order valence-electron chi connectivity index (χ4n) is 3.79. The zero-order chi connectivity index (χ0) is 29.6. The Morgan fingerprint density at radius 1 is 0.850 bits per heavy atom. The first-order valence-electron chi connectivity index (χ1n) is 12.3. The van der Waals surface area contributed by atoms with Gasteiger partial charge in [-0.2, -0.15) is 0 Å². The third kappa shape index (κ3) is 8.04. The van der Waals surface area contributed by atoms with Crippen molar-refractivity contribution < 1.29 is 18.0 Å². The Kier molecular flexibility index (Phi) is 11.1. The maximum Gasteiger partial charge on any atom is 0.264 e. The van der Waals surface area contributed by atoms with Crippen molar-refractivity contribution in [2.24, 2.45) is 5.92 Å². The Labute approximate surface area is 255 Å². The summed E-state index contributed by atoms with van der Waals surface area (Å²) in [4.78, 5) is 28.2. The minimum atomic E-state index is -4.25. The molecule has 3 aromatic carbocycles. The summed E-state index contributed by atoms with van der Waals surface area (Å²) in [7, 11) is -4.25. The monoisotopic (exact) mass is 643 g/mol. The molecule has 0 bridgehead atoms. The molecule has 0 fully saturated rings. The van der Waals surface area contributed by atoms with Crippen molar-refractivity contribution in [1.29, 1.82) is 0 Å². The Hall–Kier alpha value is -2.49. The third-order valence-corrected chi connectivity index (χ3v) is 9.03. The van der Waals surface area contributed by atoms with Crippen LogP contribution in [0.1, 0.15) is 26.3 Å². The number of sulfonamides is 1. The Morgan fingerprint density at radius 3 is 2.12 bits per heavy atom. The molecule has 12 heteroatoms. The first-order chi connectivity index (χ1) is 18.8. The highest BCUT2D eigenvalue weighted by molar-refractivity contribution is 7.92. The average Bonchev–Trinajstić information content (AvgIpc) is 2.91. The number of carbonyl (C=O) groups is 2. The molecule has 0 saturated heterocycles. The molecule has 0 aromatic heterocycles. The molecule has 1 N–H and O–H groups in total. The van der Waals surface area contributed by atoms with Gasteiger partial charge in [-0.1, -0.05) is 84.5 Å². The second-order valence-electron chi connectivity index (χ2n) is 9.51. The fourth-order valence-corrected chi connectivity index (χ4v) is 6.12. The molecule has 40 heavy (non-hydrogen) atoms. The van der Waals surface area contributed by atoms with Crippen molar-refractivity contribution in [3.8, 4) is 0 Å². The van der Waals surface area contributed by atoms with Gasteiger partial charge in [-0.3, -0.25) is 13.9 Å². The molecule has 2 amide bonds. The molecule has 3 aromatic rings. The van der Waals surface area contributed by atoms with Gasteiger partial charge in [-0.15, -0.1) is 0 Å². The molecule has 214 valence electrons. The number of halogens is 4. The summed E-state index contributed by atoms with van der Waals surface area (Å²) < 4.78 is 28.5. The standard InChI is InChI=1S/C28H29Cl4N3O4S/c1-18(2)15-33-28(37)19(3)34(16-20-9-11-23(30)24(31)13-20)27(36)17-35(26-12-10-21(29)14-25(26)32)40(38,39)22-7-5-4-6-8-22/h4-14,18-19H,15-17H2,1-3H3,(H,33,37). The molecule has 0 aliphatic rings. The lowest BCUT2D eigenvalue weighted by Gasteiger charge is -2.32. The maximum absolute atomic E-state index is 13.9. The minimum Gasteiger partial charge on any atom is -0.354 e. The largest absolute Gasteiger partial charge is 0.354 e. The van der Waals surface area contributed by atoms with E-state index in [0.29, 0.717) is 22.2 Å². The summed E-state index contributed by atoms with van der Waals surface area (Å²) in [6.07, 6.45) is 0. The topological polar surface area (TPSA) is 86.8 Å². The lowest BCUT2D eigenvalue weighted by molar-refractivity contribution is -0.139. The van der Waals surface area contributed by atoms with E-state index < -0.39 is 28.5 Å². The number of amides is 2. The Balaban J connectivity index is 2.05. The SMILES string of the molecule is CC(C)CNC(=O)C(C)N(Cc1ccc(Cl)c(Cl)c1)C(=O)CN(c1ccc(Cl)cc1Cl)S(=O)(=O)c1ccccc1. The molecule has 0 aliphatic carbocycles. The zero-order valence-corrected chi connectivity index (χ0v) is 25.9. The summed E-state index contributed by atoms with van der Waals surface area (Å²) in [5.41, 5.74) is 0.669. The highest BCUT2D eigenvalue weighted by atomic mass is 35.5. The van der Waals surface area contributed by atoms with Crippen LogP contribution in [0.15, 0.2) is 71.6 Å². The maximum atomic E-state index is 13.9. The molecule has 0 saturated carbocycles. The highest BCUT2D eigenvalue weighted by Crippen LogP contribution is 2.33. The van der Waals surface area contributed by atoms with Crippen molar-refractivity contribution in [2.45, 2.75) is 38.3 Å². The molecule has 0 spiro atoms. The molecule has 1 atom stereocenters. The van der Waals surface area contributed by atoms with E-state index in [-0.39, 0.29) is 39.0 Å².